The van der Waals surface area contributed by atoms with Crippen molar-refractivity contribution in [2.24, 2.45) is 5.73 Å². The maximum atomic E-state index is 12.3. The first-order valence-corrected chi connectivity index (χ1v) is 7.41. The maximum Gasteiger partial charge on any atom is 0.316 e. The summed E-state index contributed by atoms with van der Waals surface area (Å²) in [7, 11) is 0. The first-order valence-electron chi connectivity index (χ1n) is 7.41. The molecule has 2 rings (SSSR count). The molecule has 0 fully saturated rings. The zero-order valence-electron chi connectivity index (χ0n) is 13.5. The highest BCUT2D eigenvalue weighted by Gasteiger charge is 2.12. The van der Waals surface area contributed by atoms with E-state index in [9.17, 15) is 9.59 Å². The van der Waals surface area contributed by atoms with Crippen LogP contribution in [0.25, 0.3) is 0 Å². The minimum Gasteiger partial charge on any atom is -0.351 e. The Morgan fingerprint density at radius 2 is 1.65 bits per heavy atom. The summed E-state index contributed by atoms with van der Waals surface area (Å²) in [5.41, 5.74) is 9.52. The number of amides is 3. The molecule has 0 spiro atoms. The van der Waals surface area contributed by atoms with Gasteiger partial charge < -0.3 is 16.4 Å². The first kappa shape index (κ1) is 16.5. The van der Waals surface area contributed by atoms with Crippen LogP contribution in [0.15, 0.2) is 42.5 Å². The predicted octanol–water partition coefficient (Wildman–Crippen LogP) is 3.29. The number of primary amides is 1. The summed E-state index contributed by atoms with van der Waals surface area (Å²) < 4.78 is 0. The van der Waals surface area contributed by atoms with Gasteiger partial charge in [0, 0.05) is 11.3 Å². The van der Waals surface area contributed by atoms with E-state index in [4.69, 9.17) is 5.73 Å². The van der Waals surface area contributed by atoms with E-state index in [0.717, 1.165) is 16.7 Å². The van der Waals surface area contributed by atoms with Crippen LogP contribution in [0.3, 0.4) is 0 Å². The molecule has 2 aromatic rings. The molecule has 0 saturated heterocycles. The van der Waals surface area contributed by atoms with Gasteiger partial charge in [-0.05, 0) is 61.7 Å². The maximum absolute atomic E-state index is 12.3. The fourth-order valence-corrected chi connectivity index (χ4v) is 2.24. The van der Waals surface area contributed by atoms with Crippen LogP contribution in [-0.4, -0.2) is 11.9 Å². The molecule has 0 aliphatic rings. The molecule has 5 nitrogen and oxygen atoms in total. The Morgan fingerprint density at radius 3 is 2.22 bits per heavy atom. The van der Waals surface area contributed by atoms with E-state index in [1.807, 2.05) is 51.1 Å². The number of urea groups is 1. The number of hydrogen-bond acceptors (Lipinski definition) is 2. The normalized spacial score (nSPS) is 11.6. The van der Waals surface area contributed by atoms with Crippen LogP contribution in [-0.2, 0) is 0 Å². The molecular weight excluding hydrogens is 290 g/mol. The van der Waals surface area contributed by atoms with Gasteiger partial charge in [0.15, 0.2) is 0 Å². The third-order valence-corrected chi connectivity index (χ3v) is 3.79. The van der Waals surface area contributed by atoms with E-state index < -0.39 is 6.03 Å². The second kappa shape index (κ2) is 6.96. The SMILES string of the molecule is Cc1ccc(C(=O)N[C@@H](C)c2ccc(NC(N)=O)cc2)cc1C. The summed E-state index contributed by atoms with van der Waals surface area (Å²) >= 11 is 0. The standard InChI is InChI=1S/C18H21N3O2/c1-11-4-5-15(10-12(11)2)17(22)20-13(3)14-6-8-16(9-7-14)21-18(19)23/h4-10,13H,1-3H3,(H,20,22)(H3,19,21,23)/t13-/m0/s1. The van der Waals surface area contributed by atoms with Gasteiger partial charge >= 0.3 is 6.03 Å². The third-order valence-electron chi connectivity index (χ3n) is 3.79. The number of nitrogens with two attached hydrogens (primary N) is 1. The van der Waals surface area contributed by atoms with Gasteiger partial charge in [-0.15, -0.1) is 0 Å². The van der Waals surface area contributed by atoms with E-state index >= 15 is 0 Å². The highest BCUT2D eigenvalue weighted by molar-refractivity contribution is 5.94. The molecule has 5 heteroatoms. The van der Waals surface area contributed by atoms with Crippen molar-refractivity contribution in [3.05, 3.63) is 64.7 Å². The van der Waals surface area contributed by atoms with E-state index in [0.29, 0.717) is 11.3 Å². The molecule has 1 atom stereocenters. The molecule has 120 valence electrons. The number of anilines is 1. The molecule has 0 bridgehead atoms. The Balaban J connectivity index is 2.05. The van der Waals surface area contributed by atoms with Gasteiger partial charge in [0.25, 0.3) is 5.91 Å². The smallest absolute Gasteiger partial charge is 0.316 e. The predicted molar refractivity (Wildman–Crippen MR) is 91.4 cm³/mol. The van der Waals surface area contributed by atoms with Gasteiger partial charge in [-0.3, -0.25) is 4.79 Å². The monoisotopic (exact) mass is 311 g/mol. The van der Waals surface area contributed by atoms with Crippen LogP contribution in [0.2, 0.25) is 0 Å². The zero-order valence-corrected chi connectivity index (χ0v) is 13.5. The summed E-state index contributed by atoms with van der Waals surface area (Å²) in [6.07, 6.45) is 0. The van der Waals surface area contributed by atoms with Crippen molar-refractivity contribution in [1.82, 2.24) is 5.32 Å². The Kier molecular flexibility index (Phi) is 5.01. The van der Waals surface area contributed by atoms with Gasteiger partial charge in [-0.25, -0.2) is 4.79 Å². The zero-order chi connectivity index (χ0) is 17.0. The Labute approximate surface area is 135 Å². The lowest BCUT2D eigenvalue weighted by molar-refractivity contribution is 0.0940. The molecular formula is C18H21N3O2. The molecule has 0 heterocycles. The van der Waals surface area contributed by atoms with Gasteiger partial charge in [-0.2, -0.15) is 0 Å². The highest BCUT2D eigenvalue weighted by Crippen LogP contribution is 2.17. The van der Waals surface area contributed by atoms with Crippen molar-refractivity contribution in [2.75, 3.05) is 5.32 Å². The number of carbonyl (C=O) groups excluding carboxylic acids is 2. The lowest BCUT2D eigenvalue weighted by atomic mass is 10.0. The Morgan fingerprint density at radius 1 is 1.00 bits per heavy atom. The topological polar surface area (TPSA) is 84.2 Å². The number of carbonyl (C=O) groups is 2. The summed E-state index contributed by atoms with van der Waals surface area (Å²) in [6, 6.07) is 12.1. The molecule has 0 unspecified atom stereocenters. The lowest BCUT2D eigenvalue weighted by Gasteiger charge is -2.15. The van der Waals surface area contributed by atoms with Crippen molar-refractivity contribution in [1.29, 1.82) is 0 Å². The van der Waals surface area contributed by atoms with Crippen LogP contribution in [0.4, 0.5) is 10.5 Å². The van der Waals surface area contributed by atoms with Crippen molar-refractivity contribution < 1.29 is 9.59 Å². The van der Waals surface area contributed by atoms with Gasteiger partial charge in [0.1, 0.15) is 0 Å². The van der Waals surface area contributed by atoms with Gasteiger partial charge in [-0.1, -0.05) is 18.2 Å². The molecule has 0 radical (unpaired) electrons. The molecule has 3 amide bonds. The van der Waals surface area contributed by atoms with Crippen LogP contribution >= 0.6 is 0 Å². The van der Waals surface area contributed by atoms with Crippen LogP contribution in [0.1, 0.15) is 40.0 Å². The molecule has 23 heavy (non-hydrogen) atoms. The average molecular weight is 311 g/mol. The molecule has 4 N–H and O–H groups in total. The highest BCUT2D eigenvalue weighted by atomic mass is 16.2. The Hall–Kier alpha value is -2.82. The lowest BCUT2D eigenvalue weighted by Crippen LogP contribution is -2.26. The van der Waals surface area contributed by atoms with Crippen LogP contribution < -0.4 is 16.4 Å². The number of nitrogens with one attached hydrogen (secondary N) is 2. The molecule has 2 aromatic carbocycles. The molecule has 0 aromatic heterocycles. The van der Waals surface area contributed by atoms with Gasteiger partial charge in [0.05, 0.1) is 6.04 Å². The van der Waals surface area contributed by atoms with E-state index in [-0.39, 0.29) is 11.9 Å². The molecule has 0 aliphatic heterocycles. The summed E-state index contributed by atoms with van der Waals surface area (Å²) in [5, 5.41) is 5.47. The van der Waals surface area contributed by atoms with Crippen molar-refractivity contribution >= 4 is 17.6 Å². The summed E-state index contributed by atoms with van der Waals surface area (Å²) in [5.74, 6) is -0.111. The number of rotatable bonds is 4. The average Bonchev–Trinajstić information content (AvgIpc) is 2.50. The minimum absolute atomic E-state index is 0.111. The number of benzene rings is 2. The van der Waals surface area contributed by atoms with Crippen LogP contribution in [0, 0.1) is 13.8 Å². The quantitative estimate of drug-likeness (QED) is 0.809. The number of hydrogen-bond donors (Lipinski definition) is 3. The second-order valence-corrected chi connectivity index (χ2v) is 5.61. The van der Waals surface area contributed by atoms with E-state index in [2.05, 4.69) is 10.6 Å². The van der Waals surface area contributed by atoms with E-state index in [1.54, 1.807) is 12.1 Å². The largest absolute Gasteiger partial charge is 0.351 e. The summed E-state index contributed by atoms with van der Waals surface area (Å²) in [6.45, 7) is 5.91. The number of aryl methyl sites for hydroxylation is 2. The van der Waals surface area contributed by atoms with Gasteiger partial charge in [0.2, 0.25) is 0 Å². The Bertz CT molecular complexity index is 724. The third kappa shape index (κ3) is 4.32. The molecule has 0 saturated carbocycles. The van der Waals surface area contributed by atoms with Crippen molar-refractivity contribution in [3.8, 4) is 0 Å². The van der Waals surface area contributed by atoms with Crippen molar-refractivity contribution in [3.63, 3.8) is 0 Å². The summed E-state index contributed by atoms with van der Waals surface area (Å²) in [4.78, 5) is 23.1. The van der Waals surface area contributed by atoms with Crippen molar-refractivity contribution in [2.45, 2.75) is 26.8 Å². The first-order chi connectivity index (χ1) is 10.9. The van der Waals surface area contributed by atoms with E-state index in [1.165, 1.54) is 0 Å². The second-order valence-electron chi connectivity index (χ2n) is 5.61. The fourth-order valence-electron chi connectivity index (χ4n) is 2.24. The van der Waals surface area contributed by atoms with Crippen LogP contribution in [0.5, 0.6) is 0 Å². The minimum atomic E-state index is -0.603. The molecule has 0 aliphatic carbocycles. The fraction of sp³-hybridized carbons (Fsp3) is 0.222.